The molecule has 2 N–H and O–H groups in total. The minimum atomic E-state index is -0.688. The zero-order valence-electron chi connectivity index (χ0n) is 15.8. The number of benzene rings is 2. The van der Waals surface area contributed by atoms with Gasteiger partial charge in [-0.2, -0.15) is 0 Å². The Labute approximate surface area is 176 Å². The Morgan fingerprint density at radius 1 is 1.03 bits per heavy atom. The van der Waals surface area contributed by atoms with Crippen LogP contribution in [0.5, 0.6) is 5.75 Å². The molecule has 0 aliphatic rings. The van der Waals surface area contributed by atoms with Crippen molar-refractivity contribution in [3.05, 3.63) is 77.2 Å². The molecule has 3 rings (SSSR count). The molecule has 9 heteroatoms. The summed E-state index contributed by atoms with van der Waals surface area (Å²) < 4.78 is 15.2. The second-order valence-corrected chi connectivity index (χ2v) is 6.41. The average Bonchev–Trinajstić information content (AvgIpc) is 3.28. The smallest absolute Gasteiger partial charge is 0.338 e. The van der Waals surface area contributed by atoms with Crippen molar-refractivity contribution in [2.45, 2.75) is 0 Å². The molecular formula is C21H17ClN2O6. The van der Waals surface area contributed by atoms with Crippen molar-refractivity contribution in [1.29, 1.82) is 0 Å². The third kappa shape index (κ3) is 5.39. The molecule has 8 nitrogen and oxygen atoms in total. The average molecular weight is 429 g/mol. The quantitative estimate of drug-likeness (QED) is 0.551. The molecule has 30 heavy (non-hydrogen) atoms. The van der Waals surface area contributed by atoms with Gasteiger partial charge in [0.05, 0.1) is 24.6 Å². The van der Waals surface area contributed by atoms with E-state index in [2.05, 4.69) is 10.6 Å². The highest BCUT2D eigenvalue weighted by molar-refractivity contribution is 6.31. The third-order valence-electron chi connectivity index (χ3n) is 3.89. The second kappa shape index (κ2) is 9.62. The summed E-state index contributed by atoms with van der Waals surface area (Å²) in [5, 5.41) is 5.62. The van der Waals surface area contributed by atoms with Crippen molar-refractivity contribution >= 4 is 40.8 Å². The number of hydrogen-bond donors (Lipinski definition) is 2. The van der Waals surface area contributed by atoms with Gasteiger partial charge in [-0.25, -0.2) is 4.79 Å². The molecule has 3 aromatic rings. The van der Waals surface area contributed by atoms with Crippen LogP contribution in [-0.2, 0) is 9.53 Å². The highest BCUT2D eigenvalue weighted by Gasteiger charge is 2.14. The van der Waals surface area contributed by atoms with Crippen molar-refractivity contribution in [1.82, 2.24) is 0 Å². The van der Waals surface area contributed by atoms with Crippen LogP contribution >= 0.6 is 11.6 Å². The maximum Gasteiger partial charge on any atom is 0.338 e. The largest absolute Gasteiger partial charge is 0.495 e. The van der Waals surface area contributed by atoms with Gasteiger partial charge in [0, 0.05) is 10.7 Å². The molecule has 1 aromatic heterocycles. The molecule has 0 bridgehead atoms. The Balaban J connectivity index is 1.53. The zero-order chi connectivity index (χ0) is 21.5. The van der Waals surface area contributed by atoms with Crippen LogP contribution in [0.2, 0.25) is 5.02 Å². The topological polar surface area (TPSA) is 107 Å². The first kappa shape index (κ1) is 20.9. The molecule has 0 saturated carbocycles. The number of furan rings is 1. The molecule has 0 radical (unpaired) electrons. The van der Waals surface area contributed by atoms with Crippen LogP contribution in [0.4, 0.5) is 11.4 Å². The molecule has 2 aromatic carbocycles. The molecular weight excluding hydrogens is 412 g/mol. The Morgan fingerprint density at radius 2 is 1.80 bits per heavy atom. The third-order valence-corrected chi connectivity index (χ3v) is 4.13. The van der Waals surface area contributed by atoms with Gasteiger partial charge in [0.25, 0.3) is 11.8 Å². The lowest BCUT2D eigenvalue weighted by Crippen LogP contribution is -2.21. The van der Waals surface area contributed by atoms with Gasteiger partial charge in [-0.05, 0) is 54.6 Å². The molecule has 2 amide bonds. The number of amides is 2. The number of carbonyl (C=O) groups is 3. The van der Waals surface area contributed by atoms with Gasteiger partial charge < -0.3 is 24.5 Å². The van der Waals surface area contributed by atoms with Crippen LogP contribution in [0, 0.1) is 0 Å². The molecule has 0 saturated heterocycles. The van der Waals surface area contributed by atoms with Gasteiger partial charge >= 0.3 is 5.97 Å². The van der Waals surface area contributed by atoms with Crippen LogP contribution in [0.15, 0.2) is 65.3 Å². The van der Waals surface area contributed by atoms with Gasteiger partial charge in [-0.3, -0.25) is 9.59 Å². The highest BCUT2D eigenvalue weighted by Crippen LogP contribution is 2.27. The number of ether oxygens (including phenoxy) is 2. The monoisotopic (exact) mass is 428 g/mol. The summed E-state index contributed by atoms with van der Waals surface area (Å²) in [6, 6.07) is 13.9. The van der Waals surface area contributed by atoms with E-state index in [4.69, 9.17) is 25.5 Å². The van der Waals surface area contributed by atoms with E-state index in [9.17, 15) is 14.4 Å². The van der Waals surface area contributed by atoms with Crippen LogP contribution < -0.4 is 15.4 Å². The Hall–Kier alpha value is -3.78. The number of esters is 1. The summed E-state index contributed by atoms with van der Waals surface area (Å²) in [6.45, 7) is -0.495. The van der Waals surface area contributed by atoms with E-state index >= 15 is 0 Å². The number of hydrogen-bond acceptors (Lipinski definition) is 6. The first-order valence-corrected chi connectivity index (χ1v) is 9.09. The highest BCUT2D eigenvalue weighted by atomic mass is 35.5. The fourth-order valence-electron chi connectivity index (χ4n) is 2.47. The lowest BCUT2D eigenvalue weighted by atomic mass is 10.2. The normalized spacial score (nSPS) is 10.2. The Morgan fingerprint density at radius 3 is 2.47 bits per heavy atom. The number of nitrogens with one attached hydrogen (secondary N) is 2. The number of halogens is 1. The summed E-state index contributed by atoms with van der Waals surface area (Å²) in [5.74, 6) is -1.06. The van der Waals surface area contributed by atoms with E-state index in [0.29, 0.717) is 22.1 Å². The standard InChI is InChI=1S/C21H17ClN2O6/c1-28-17-9-6-14(22)11-16(17)24-19(25)12-30-21(27)13-4-7-15(8-5-13)23-20(26)18-3-2-10-29-18/h2-11H,12H2,1H3,(H,23,26)(H,24,25). The lowest BCUT2D eigenvalue weighted by molar-refractivity contribution is -0.119. The van der Waals surface area contributed by atoms with Gasteiger partial charge in [0.2, 0.25) is 0 Å². The summed E-state index contributed by atoms with van der Waals surface area (Å²) in [7, 11) is 1.46. The van der Waals surface area contributed by atoms with Crippen LogP contribution in [-0.4, -0.2) is 31.5 Å². The molecule has 1 heterocycles. The fourth-order valence-corrected chi connectivity index (χ4v) is 2.64. The molecule has 154 valence electrons. The van der Waals surface area contributed by atoms with Crippen molar-refractivity contribution in [3.8, 4) is 5.75 Å². The second-order valence-electron chi connectivity index (χ2n) is 5.98. The predicted octanol–water partition coefficient (Wildman–Crippen LogP) is 3.99. The van der Waals surface area contributed by atoms with E-state index in [1.54, 1.807) is 18.2 Å². The molecule has 0 spiro atoms. The van der Waals surface area contributed by atoms with Crippen molar-refractivity contribution < 1.29 is 28.3 Å². The summed E-state index contributed by atoms with van der Waals surface area (Å²) >= 11 is 5.91. The van der Waals surface area contributed by atoms with Crippen LogP contribution in [0.25, 0.3) is 0 Å². The van der Waals surface area contributed by atoms with E-state index in [0.717, 1.165) is 0 Å². The Kier molecular flexibility index (Phi) is 6.71. The maximum absolute atomic E-state index is 12.1. The molecule has 0 aliphatic heterocycles. The summed E-state index contributed by atoms with van der Waals surface area (Å²) in [4.78, 5) is 36.2. The number of methoxy groups -OCH3 is 1. The summed E-state index contributed by atoms with van der Waals surface area (Å²) in [5.41, 5.74) is 1.06. The zero-order valence-corrected chi connectivity index (χ0v) is 16.6. The lowest BCUT2D eigenvalue weighted by Gasteiger charge is -2.11. The van der Waals surface area contributed by atoms with E-state index in [-0.39, 0.29) is 11.3 Å². The van der Waals surface area contributed by atoms with Gasteiger partial charge in [-0.1, -0.05) is 11.6 Å². The SMILES string of the molecule is COc1ccc(Cl)cc1NC(=O)COC(=O)c1ccc(NC(=O)c2ccco2)cc1. The van der Waals surface area contributed by atoms with Crippen molar-refractivity contribution in [2.75, 3.05) is 24.4 Å². The molecule has 0 aliphatic carbocycles. The summed E-state index contributed by atoms with van der Waals surface area (Å²) in [6.07, 6.45) is 1.40. The van der Waals surface area contributed by atoms with Crippen LogP contribution in [0.3, 0.4) is 0 Å². The molecule has 0 unspecified atom stereocenters. The predicted molar refractivity (Wildman–Crippen MR) is 110 cm³/mol. The van der Waals surface area contributed by atoms with E-state index in [1.165, 1.54) is 49.8 Å². The minimum absolute atomic E-state index is 0.167. The van der Waals surface area contributed by atoms with Gasteiger partial charge in [0.1, 0.15) is 5.75 Å². The number of rotatable bonds is 7. The number of carbonyl (C=O) groups excluding carboxylic acids is 3. The van der Waals surface area contributed by atoms with Gasteiger partial charge in [0.15, 0.2) is 12.4 Å². The van der Waals surface area contributed by atoms with Crippen LogP contribution in [0.1, 0.15) is 20.9 Å². The maximum atomic E-state index is 12.1. The minimum Gasteiger partial charge on any atom is -0.495 e. The molecule has 0 fully saturated rings. The Bertz CT molecular complexity index is 1050. The van der Waals surface area contributed by atoms with Gasteiger partial charge in [-0.15, -0.1) is 0 Å². The van der Waals surface area contributed by atoms with Crippen molar-refractivity contribution in [3.63, 3.8) is 0 Å². The fraction of sp³-hybridized carbons (Fsp3) is 0.0952. The number of anilines is 2. The van der Waals surface area contributed by atoms with Crippen molar-refractivity contribution in [2.24, 2.45) is 0 Å². The first-order valence-electron chi connectivity index (χ1n) is 8.71. The molecule has 0 atom stereocenters. The first-order chi connectivity index (χ1) is 14.5. The van der Waals surface area contributed by atoms with E-state index in [1.807, 2.05) is 0 Å². The van der Waals surface area contributed by atoms with E-state index < -0.39 is 24.4 Å².